The first-order chi connectivity index (χ1) is 7.68. The van der Waals surface area contributed by atoms with Crippen LogP contribution < -0.4 is 4.90 Å². The predicted molar refractivity (Wildman–Crippen MR) is 58.7 cm³/mol. The van der Waals surface area contributed by atoms with E-state index in [0.29, 0.717) is 31.9 Å². The Balaban J connectivity index is 2.23. The lowest BCUT2D eigenvalue weighted by molar-refractivity contribution is -0.384. The number of rotatable bonds is 2. The van der Waals surface area contributed by atoms with Crippen LogP contribution in [0.4, 0.5) is 11.4 Å². The van der Waals surface area contributed by atoms with Gasteiger partial charge in [-0.2, -0.15) is 5.06 Å². The zero-order chi connectivity index (χ0) is 11.5. The van der Waals surface area contributed by atoms with Gasteiger partial charge in [0.25, 0.3) is 5.69 Å². The topological polar surface area (TPSA) is 69.9 Å². The normalized spacial score (nSPS) is 17.4. The molecule has 1 saturated heterocycles. The third-order valence-electron chi connectivity index (χ3n) is 2.68. The molecule has 0 unspecified atom stereocenters. The van der Waals surface area contributed by atoms with Crippen LogP contribution in [0, 0.1) is 10.1 Å². The average molecular weight is 223 g/mol. The zero-order valence-corrected chi connectivity index (χ0v) is 8.74. The fraction of sp³-hybridized carbons (Fsp3) is 0.400. The van der Waals surface area contributed by atoms with Crippen molar-refractivity contribution < 1.29 is 10.1 Å². The number of hydrogen-bond acceptors (Lipinski definition) is 5. The van der Waals surface area contributed by atoms with Crippen LogP contribution >= 0.6 is 0 Å². The highest BCUT2D eigenvalue weighted by Crippen LogP contribution is 2.27. The summed E-state index contributed by atoms with van der Waals surface area (Å²) in [6.45, 7) is 2.21. The van der Waals surface area contributed by atoms with Gasteiger partial charge in [0.15, 0.2) is 0 Å². The standard InChI is InChI=1S/C10H13N3O3/c14-12-7-5-11(6-8-12)9-3-1-2-4-10(9)13(15)16/h1-4,14H,5-8H2. The second-order valence-corrected chi connectivity index (χ2v) is 3.69. The van der Waals surface area contributed by atoms with Crippen molar-refractivity contribution in [1.82, 2.24) is 5.06 Å². The summed E-state index contributed by atoms with van der Waals surface area (Å²) in [7, 11) is 0. The highest BCUT2D eigenvalue weighted by Gasteiger charge is 2.22. The summed E-state index contributed by atoms with van der Waals surface area (Å²) >= 11 is 0. The third kappa shape index (κ3) is 2.12. The molecule has 1 aliphatic rings. The summed E-state index contributed by atoms with van der Waals surface area (Å²) in [4.78, 5) is 12.4. The SMILES string of the molecule is O=[N+]([O-])c1ccccc1N1CCN(O)CC1. The van der Waals surface area contributed by atoms with Gasteiger partial charge in [-0.15, -0.1) is 0 Å². The van der Waals surface area contributed by atoms with Crippen molar-refractivity contribution >= 4 is 11.4 Å². The molecule has 0 spiro atoms. The van der Waals surface area contributed by atoms with Crippen molar-refractivity contribution in [2.45, 2.75) is 0 Å². The Morgan fingerprint density at radius 1 is 1.19 bits per heavy atom. The number of nitrogens with zero attached hydrogens (tertiary/aromatic N) is 3. The van der Waals surface area contributed by atoms with Crippen molar-refractivity contribution in [3.63, 3.8) is 0 Å². The molecule has 1 aromatic rings. The number of nitro benzene ring substituents is 1. The molecule has 6 nitrogen and oxygen atoms in total. The fourth-order valence-electron chi connectivity index (χ4n) is 1.82. The number of nitro groups is 1. The number of anilines is 1. The van der Waals surface area contributed by atoms with Crippen LogP contribution in [0.25, 0.3) is 0 Å². The van der Waals surface area contributed by atoms with Crippen molar-refractivity contribution in [1.29, 1.82) is 0 Å². The van der Waals surface area contributed by atoms with E-state index >= 15 is 0 Å². The summed E-state index contributed by atoms with van der Waals surface area (Å²) in [5.41, 5.74) is 0.745. The summed E-state index contributed by atoms with van der Waals surface area (Å²) in [5, 5.41) is 21.3. The maximum absolute atomic E-state index is 10.8. The zero-order valence-electron chi connectivity index (χ0n) is 8.74. The van der Waals surface area contributed by atoms with Crippen molar-refractivity contribution in [2.24, 2.45) is 0 Å². The lowest BCUT2D eigenvalue weighted by atomic mass is 10.2. The number of hydroxylamine groups is 2. The molecule has 1 fully saturated rings. The minimum absolute atomic E-state index is 0.119. The first-order valence-corrected chi connectivity index (χ1v) is 5.10. The van der Waals surface area contributed by atoms with Gasteiger partial charge < -0.3 is 10.1 Å². The molecule has 1 N–H and O–H groups in total. The predicted octanol–water partition coefficient (Wildman–Crippen LogP) is 1.11. The smallest absolute Gasteiger partial charge is 0.292 e. The monoisotopic (exact) mass is 223 g/mol. The molecule has 1 aliphatic heterocycles. The van der Waals surface area contributed by atoms with Gasteiger partial charge in [0.2, 0.25) is 0 Å². The maximum atomic E-state index is 10.8. The Bertz CT molecular complexity index is 389. The molecule has 86 valence electrons. The van der Waals surface area contributed by atoms with Gasteiger partial charge >= 0.3 is 0 Å². The van der Waals surface area contributed by atoms with E-state index < -0.39 is 0 Å². The molecule has 6 heteroatoms. The van der Waals surface area contributed by atoms with E-state index in [1.807, 2.05) is 4.90 Å². The Hall–Kier alpha value is -1.66. The third-order valence-corrected chi connectivity index (χ3v) is 2.68. The van der Waals surface area contributed by atoms with Crippen molar-refractivity contribution in [3.8, 4) is 0 Å². The van der Waals surface area contributed by atoms with Crippen LogP contribution in [0.1, 0.15) is 0 Å². The Kier molecular flexibility index (Phi) is 3.02. The molecule has 0 saturated carbocycles. The van der Waals surface area contributed by atoms with Crippen LogP contribution in [0.15, 0.2) is 24.3 Å². The van der Waals surface area contributed by atoms with Gasteiger partial charge in [-0.25, -0.2) is 0 Å². The van der Waals surface area contributed by atoms with E-state index in [0.717, 1.165) is 0 Å². The molecule has 0 aliphatic carbocycles. The molecule has 1 aromatic carbocycles. The molecular weight excluding hydrogens is 210 g/mol. The molecule has 0 aromatic heterocycles. The minimum Gasteiger partial charge on any atom is -0.363 e. The molecule has 0 amide bonds. The first-order valence-electron chi connectivity index (χ1n) is 5.10. The van der Waals surface area contributed by atoms with Gasteiger partial charge in [-0.05, 0) is 6.07 Å². The Morgan fingerprint density at radius 2 is 1.81 bits per heavy atom. The number of benzene rings is 1. The van der Waals surface area contributed by atoms with E-state index in [4.69, 9.17) is 0 Å². The molecule has 1 heterocycles. The largest absolute Gasteiger partial charge is 0.363 e. The molecule has 16 heavy (non-hydrogen) atoms. The average Bonchev–Trinajstić information content (AvgIpc) is 2.30. The van der Waals surface area contributed by atoms with Gasteiger partial charge in [-0.1, -0.05) is 12.1 Å². The molecule has 0 radical (unpaired) electrons. The first kappa shape index (κ1) is 10.8. The Labute approximate surface area is 92.8 Å². The molecule has 2 rings (SSSR count). The highest BCUT2D eigenvalue weighted by atomic mass is 16.6. The second kappa shape index (κ2) is 4.46. The lowest BCUT2D eigenvalue weighted by Gasteiger charge is -2.32. The quantitative estimate of drug-likeness (QED) is 0.600. The molecule has 0 atom stereocenters. The van der Waals surface area contributed by atoms with E-state index in [9.17, 15) is 15.3 Å². The van der Waals surface area contributed by atoms with Crippen molar-refractivity contribution in [2.75, 3.05) is 31.1 Å². The van der Waals surface area contributed by atoms with E-state index in [1.54, 1.807) is 18.2 Å². The summed E-state index contributed by atoms with van der Waals surface area (Å²) < 4.78 is 0. The summed E-state index contributed by atoms with van der Waals surface area (Å²) in [6, 6.07) is 6.68. The highest BCUT2D eigenvalue weighted by molar-refractivity contribution is 5.63. The van der Waals surface area contributed by atoms with Gasteiger partial charge in [0.05, 0.1) is 4.92 Å². The van der Waals surface area contributed by atoms with Crippen LogP contribution in [0.5, 0.6) is 0 Å². The van der Waals surface area contributed by atoms with E-state index in [1.165, 1.54) is 11.1 Å². The minimum atomic E-state index is -0.374. The van der Waals surface area contributed by atoms with Crippen LogP contribution in [-0.2, 0) is 0 Å². The lowest BCUT2D eigenvalue weighted by Crippen LogP contribution is -2.45. The fourth-order valence-corrected chi connectivity index (χ4v) is 1.82. The van der Waals surface area contributed by atoms with Crippen LogP contribution in [0.2, 0.25) is 0 Å². The van der Waals surface area contributed by atoms with Crippen molar-refractivity contribution in [3.05, 3.63) is 34.4 Å². The maximum Gasteiger partial charge on any atom is 0.292 e. The number of piperazine rings is 1. The van der Waals surface area contributed by atoms with Gasteiger partial charge in [0, 0.05) is 32.2 Å². The second-order valence-electron chi connectivity index (χ2n) is 3.69. The van der Waals surface area contributed by atoms with Crippen LogP contribution in [-0.4, -0.2) is 41.4 Å². The van der Waals surface area contributed by atoms with Crippen LogP contribution in [0.3, 0.4) is 0 Å². The Morgan fingerprint density at radius 3 is 2.44 bits per heavy atom. The van der Waals surface area contributed by atoms with E-state index in [2.05, 4.69) is 0 Å². The number of para-hydroxylation sites is 2. The summed E-state index contributed by atoms with van der Waals surface area (Å²) in [5.74, 6) is 0. The van der Waals surface area contributed by atoms with Gasteiger partial charge in [-0.3, -0.25) is 10.1 Å². The number of hydrogen-bond donors (Lipinski definition) is 1. The molecule has 0 bridgehead atoms. The molecular formula is C10H13N3O3. The van der Waals surface area contributed by atoms with E-state index in [-0.39, 0.29) is 10.6 Å². The summed E-state index contributed by atoms with van der Waals surface area (Å²) in [6.07, 6.45) is 0. The van der Waals surface area contributed by atoms with Gasteiger partial charge in [0.1, 0.15) is 5.69 Å².